The molecule has 0 aliphatic heterocycles. The molecule has 3 N–H and O–H groups in total. The number of H-pyrrole nitrogens is 1. The molecule has 4 nitrogen and oxygen atoms in total. The summed E-state index contributed by atoms with van der Waals surface area (Å²) in [7, 11) is 1.66. The molecule has 0 aliphatic carbocycles. The van der Waals surface area contributed by atoms with Crippen molar-refractivity contribution < 1.29 is 4.74 Å². The molecule has 2 heterocycles. The highest BCUT2D eigenvalue weighted by molar-refractivity contribution is 9.10. The third-order valence-corrected chi connectivity index (χ3v) is 4.44. The van der Waals surface area contributed by atoms with Gasteiger partial charge in [0, 0.05) is 15.9 Å². The minimum Gasteiger partial charge on any atom is -0.496 e. The van der Waals surface area contributed by atoms with Crippen LogP contribution in [0.25, 0.3) is 21.7 Å². The van der Waals surface area contributed by atoms with E-state index in [4.69, 9.17) is 10.5 Å². The number of rotatable bonds is 3. The van der Waals surface area contributed by atoms with Gasteiger partial charge in [-0.25, -0.2) is 0 Å². The Morgan fingerprint density at radius 3 is 2.70 bits per heavy atom. The van der Waals surface area contributed by atoms with Crippen molar-refractivity contribution in [3.63, 3.8) is 0 Å². The molecule has 3 rings (SSSR count). The third-order valence-electron chi connectivity index (χ3n) is 2.98. The van der Waals surface area contributed by atoms with Gasteiger partial charge in [-0.1, -0.05) is 28.1 Å². The van der Waals surface area contributed by atoms with Crippen LogP contribution in [0.5, 0.6) is 5.75 Å². The number of methoxy groups -OCH3 is 1. The van der Waals surface area contributed by atoms with Crippen LogP contribution in [-0.4, -0.2) is 17.3 Å². The second-order valence-corrected chi connectivity index (χ2v) is 6.04. The Morgan fingerprint density at radius 2 is 2.05 bits per heavy atom. The van der Waals surface area contributed by atoms with E-state index in [1.807, 2.05) is 35.7 Å². The number of benzene rings is 1. The summed E-state index contributed by atoms with van der Waals surface area (Å²) >= 11 is 5.03. The van der Waals surface area contributed by atoms with Crippen molar-refractivity contribution in [2.45, 2.75) is 0 Å². The van der Waals surface area contributed by atoms with E-state index in [-0.39, 0.29) is 0 Å². The lowest BCUT2D eigenvalue weighted by Gasteiger charge is -2.03. The fourth-order valence-electron chi connectivity index (χ4n) is 2.00. The van der Waals surface area contributed by atoms with E-state index in [1.165, 1.54) is 0 Å². The molecule has 0 fully saturated rings. The van der Waals surface area contributed by atoms with Crippen LogP contribution in [0.1, 0.15) is 0 Å². The molecule has 0 spiro atoms. The van der Waals surface area contributed by atoms with Gasteiger partial charge in [0.2, 0.25) is 0 Å². The number of ether oxygens (including phenoxy) is 1. The third kappa shape index (κ3) is 2.32. The maximum Gasteiger partial charge on any atom is 0.153 e. The standard InChI is InChI=1S/C14H12BrN3OS/c1-19-10-6-11(20-7-10)13-12(14(16)18-17-13)8-2-4-9(15)5-3-8/h2-7H,1H3,(H3,16,17,18). The summed E-state index contributed by atoms with van der Waals surface area (Å²) in [6, 6.07) is 9.97. The Morgan fingerprint density at radius 1 is 1.30 bits per heavy atom. The fraction of sp³-hybridized carbons (Fsp3) is 0.0714. The molecule has 102 valence electrons. The number of anilines is 1. The topological polar surface area (TPSA) is 63.9 Å². The molecule has 0 atom stereocenters. The second-order valence-electron chi connectivity index (χ2n) is 4.22. The van der Waals surface area contributed by atoms with E-state index in [2.05, 4.69) is 26.1 Å². The Balaban J connectivity index is 2.11. The fourth-order valence-corrected chi connectivity index (χ4v) is 3.12. The Hall–Kier alpha value is -1.79. The van der Waals surface area contributed by atoms with Gasteiger partial charge in [-0.05, 0) is 17.7 Å². The number of hydrogen-bond acceptors (Lipinski definition) is 4. The van der Waals surface area contributed by atoms with Crippen molar-refractivity contribution in [1.29, 1.82) is 0 Å². The quantitative estimate of drug-likeness (QED) is 0.746. The van der Waals surface area contributed by atoms with Crippen molar-refractivity contribution in [3.8, 4) is 27.4 Å². The van der Waals surface area contributed by atoms with Crippen LogP contribution in [0.4, 0.5) is 5.82 Å². The number of hydrogen-bond donors (Lipinski definition) is 2. The molecular weight excluding hydrogens is 338 g/mol. The van der Waals surface area contributed by atoms with Gasteiger partial charge in [-0.2, -0.15) is 5.10 Å². The van der Waals surface area contributed by atoms with Gasteiger partial charge >= 0.3 is 0 Å². The smallest absolute Gasteiger partial charge is 0.153 e. The first-order valence-electron chi connectivity index (χ1n) is 5.91. The lowest BCUT2D eigenvalue weighted by molar-refractivity contribution is 0.417. The van der Waals surface area contributed by atoms with Crippen LogP contribution >= 0.6 is 27.3 Å². The summed E-state index contributed by atoms with van der Waals surface area (Å²) in [6.07, 6.45) is 0. The number of nitrogens with two attached hydrogens (primary N) is 1. The summed E-state index contributed by atoms with van der Waals surface area (Å²) in [6.45, 7) is 0. The van der Waals surface area contributed by atoms with E-state index in [0.29, 0.717) is 5.82 Å². The van der Waals surface area contributed by atoms with Crippen molar-refractivity contribution >= 4 is 33.1 Å². The lowest BCUT2D eigenvalue weighted by Crippen LogP contribution is -1.88. The van der Waals surface area contributed by atoms with Gasteiger partial charge in [-0.15, -0.1) is 11.3 Å². The molecule has 3 aromatic rings. The van der Waals surface area contributed by atoms with Crippen molar-refractivity contribution in [2.75, 3.05) is 12.8 Å². The highest BCUT2D eigenvalue weighted by atomic mass is 79.9. The summed E-state index contributed by atoms with van der Waals surface area (Å²) in [5.41, 5.74) is 8.87. The number of halogens is 1. The first-order valence-corrected chi connectivity index (χ1v) is 7.59. The Kier molecular flexibility index (Phi) is 3.50. The van der Waals surface area contributed by atoms with E-state index in [9.17, 15) is 0 Å². The predicted octanol–water partition coefficient (Wildman–Crippen LogP) is 4.16. The number of thiophene rings is 1. The molecular formula is C14H12BrN3OS. The largest absolute Gasteiger partial charge is 0.496 e. The maximum atomic E-state index is 6.01. The molecule has 0 unspecified atom stereocenters. The first-order chi connectivity index (χ1) is 9.69. The second kappa shape index (κ2) is 5.30. The molecule has 2 aromatic heterocycles. The molecule has 0 aliphatic rings. The van der Waals surface area contributed by atoms with Gasteiger partial charge in [0.05, 0.1) is 23.2 Å². The van der Waals surface area contributed by atoms with Gasteiger partial charge in [-0.3, -0.25) is 5.10 Å². The van der Waals surface area contributed by atoms with Crippen LogP contribution in [0.2, 0.25) is 0 Å². The zero-order valence-electron chi connectivity index (χ0n) is 10.7. The van der Waals surface area contributed by atoms with Crippen LogP contribution in [0.3, 0.4) is 0 Å². The van der Waals surface area contributed by atoms with Crippen LogP contribution < -0.4 is 10.5 Å². The molecule has 0 radical (unpaired) electrons. The number of aromatic amines is 1. The van der Waals surface area contributed by atoms with E-state index >= 15 is 0 Å². The van der Waals surface area contributed by atoms with Crippen molar-refractivity contribution in [1.82, 2.24) is 10.2 Å². The zero-order chi connectivity index (χ0) is 14.1. The molecule has 20 heavy (non-hydrogen) atoms. The molecule has 1 aromatic carbocycles. The highest BCUT2D eigenvalue weighted by Crippen LogP contribution is 2.39. The van der Waals surface area contributed by atoms with Crippen LogP contribution in [0, 0.1) is 0 Å². The molecule has 0 bridgehead atoms. The van der Waals surface area contributed by atoms with E-state index in [1.54, 1.807) is 18.4 Å². The van der Waals surface area contributed by atoms with Crippen molar-refractivity contribution in [3.05, 3.63) is 40.2 Å². The van der Waals surface area contributed by atoms with Crippen molar-refractivity contribution in [2.24, 2.45) is 0 Å². The monoisotopic (exact) mass is 349 g/mol. The predicted molar refractivity (Wildman–Crippen MR) is 86.0 cm³/mol. The number of nitrogens with one attached hydrogen (secondary N) is 1. The van der Waals surface area contributed by atoms with Gasteiger partial charge in [0.25, 0.3) is 0 Å². The van der Waals surface area contributed by atoms with Crippen LogP contribution in [-0.2, 0) is 0 Å². The number of nitrogen functional groups attached to an aromatic ring is 1. The molecule has 0 saturated carbocycles. The van der Waals surface area contributed by atoms with E-state index < -0.39 is 0 Å². The molecule has 0 amide bonds. The SMILES string of the molecule is COc1csc(-c2[nH]nc(N)c2-c2ccc(Br)cc2)c1. The van der Waals surface area contributed by atoms with E-state index in [0.717, 1.165) is 31.9 Å². The van der Waals surface area contributed by atoms with Gasteiger partial charge in [0.1, 0.15) is 5.75 Å². The van der Waals surface area contributed by atoms with Gasteiger partial charge < -0.3 is 10.5 Å². The summed E-state index contributed by atoms with van der Waals surface area (Å²) in [5.74, 6) is 1.33. The minimum atomic E-state index is 0.495. The zero-order valence-corrected chi connectivity index (χ0v) is 13.1. The number of aromatic nitrogens is 2. The van der Waals surface area contributed by atoms with Crippen LogP contribution in [0.15, 0.2) is 40.2 Å². The normalized spacial score (nSPS) is 10.7. The average molecular weight is 350 g/mol. The van der Waals surface area contributed by atoms with Gasteiger partial charge in [0.15, 0.2) is 5.82 Å². The maximum absolute atomic E-state index is 6.01. The summed E-state index contributed by atoms with van der Waals surface area (Å²) in [5, 5.41) is 9.10. The Bertz CT molecular complexity index is 733. The number of nitrogens with zero attached hydrogens (tertiary/aromatic N) is 1. The average Bonchev–Trinajstić information content (AvgIpc) is 3.06. The molecule has 6 heteroatoms. The minimum absolute atomic E-state index is 0.495. The lowest BCUT2D eigenvalue weighted by atomic mass is 10.0. The highest BCUT2D eigenvalue weighted by Gasteiger charge is 2.16. The summed E-state index contributed by atoms with van der Waals surface area (Å²) < 4.78 is 6.25. The molecule has 0 saturated heterocycles. The Labute approximate surface area is 128 Å². The summed E-state index contributed by atoms with van der Waals surface area (Å²) in [4.78, 5) is 1.05. The first kappa shape index (κ1) is 13.2.